The number of aromatic nitrogens is 1. The quantitative estimate of drug-likeness (QED) is 0.837. The van der Waals surface area contributed by atoms with Crippen LogP contribution in [0.2, 0.25) is 5.02 Å². The molecule has 1 unspecified atom stereocenters. The van der Waals surface area contributed by atoms with Crippen LogP contribution in [0.1, 0.15) is 34.6 Å². The fraction of sp³-hybridized carbons (Fsp3) is 0.235. The highest BCUT2D eigenvalue weighted by atomic mass is 35.5. The molecule has 1 aromatic carbocycles. The van der Waals surface area contributed by atoms with Crippen LogP contribution in [-0.4, -0.2) is 28.6 Å². The van der Waals surface area contributed by atoms with E-state index in [1.807, 2.05) is 13.8 Å². The standard InChI is InChI=1S/C17H17ClN2O4/c1-3-24-12-8-13(18)15(19-9-12)16(21)20-14(17(22)23)11-6-4-10(2)5-7-11/h4-9,14H,3H2,1-2H3,(H,20,21)(H,22,23). The molecule has 0 saturated carbocycles. The molecule has 1 atom stereocenters. The molecule has 1 aromatic heterocycles. The number of hydrogen-bond donors (Lipinski definition) is 2. The van der Waals surface area contributed by atoms with Crippen LogP contribution in [0.4, 0.5) is 0 Å². The van der Waals surface area contributed by atoms with Crippen LogP contribution in [0.25, 0.3) is 0 Å². The maximum Gasteiger partial charge on any atom is 0.330 e. The van der Waals surface area contributed by atoms with E-state index in [9.17, 15) is 14.7 Å². The number of ether oxygens (including phenoxy) is 1. The fourth-order valence-electron chi connectivity index (χ4n) is 2.08. The maximum atomic E-state index is 12.3. The van der Waals surface area contributed by atoms with Crippen molar-refractivity contribution in [1.29, 1.82) is 0 Å². The molecule has 1 amide bonds. The summed E-state index contributed by atoms with van der Waals surface area (Å²) in [5.41, 5.74) is 1.40. The summed E-state index contributed by atoms with van der Waals surface area (Å²) in [7, 11) is 0. The van der Waals surface area contributed by atoms with Crippen molar-refractivity contribution >= 4 is 23.5 Å². The normalized spacial score (nSPS) is 11.6. The predicted molar refractivity (Wildman–Crippen MR) is 89.4 cm³/mol. The van der Waals surface area contributed by atoms with Crippen LogP contribution >= 0.6 is 11.6 Å². The molecule has 2 rings (SSSR count). The smallest absolute Gasteiger partial charge is 0.330 e. The highest BCUT2D eigenvalue weighted by molar-refractivity contribution is 6.33. The van der Waals surface area contributed by atoms with E-state index in [1.54, 1.807) is 24.3 Å². The molecule has 0 fully saturated rings. The maximum absolute atomic E-state index is 12.3. The number of nitrogens with one attached hydrogen (secondary N) is 1. The minimum absolute atomic E-state index is 0.0570. The van der Waals surface area contributed by atoms with Gasteiger partial charge < -0.3 is 15.2 Å². The molecule has 0 aliphatic carbocycles. The van der Waals surface area contributed by atoms with Gasteiger partial charge in [0.05, 0.1) is 17.8 Å². The number of halogens is 1. The summed E-state index contributed by atoms with van der Waals surface area (Å²) in [5, 5.41) is 11.9. The molecule has 0 saturated heterocycles. The zero-order valence-electron chi connectivity index (χ0n) is 13.2. The molecule has 126 valence electrons. The monoisotopic (exact) mass is 348 g/mol. The molecular weight excluding hydrogens is 332 g/mol. The predicted octanol–water partition coefficient (Wildman–Crippen LogP) is 3.00. The zero-order valence-corrected chi connectivity index (χ0v) is 14.0. The molecule has 6 nitrogen and oxygen atoms in total. The SMILES string of the molecule is CCOc1cnc(C(=O)NC(C(=O)O)c2ccc(C)cc2)c(Cl)c1. The number of aliphatic carboxylic acids is 1. The summed E-state index contributed by atoms with van der Waals surface area (Å²) < 4.78 is 5.25. The van der Waals surface area contributed by atoms with Gasteiger partial charge in [-0.1, -0.05) is 41.4 Å². The van der Waals surface area contributed by atoms with Gasteiger partial charge in [-0.2, -0.15) is 0 Å². The number of nitrogens with zero attached hydrogens (tertiary/aromatic N) is 1. The Morgan fingerprint density at radius 1 is 1.33 bits per heavy atom. The van der Waals surface area contributed by atoms with Crippen LogP contribution in [0.15, 0.2) is 36.5 Å². The van der Waals surface area contributed by atoms with Gasteiger partial charge in [-0.15, -0.1) is 0 Å². The summed E-state index contributed by atoms with van der Waals surface area (Å²) in [6.45, 7) is 4.15. The molecule has 1 heterocycles. The number of pyridine rings is 1. The van der Waals surface area contributed by atoms with E-state index >= 15 is 0 Å². The lowest BCUT2D eigenvalue weighted by atomic mass is 10.1. The summed E-state index contributed by atoms with van der Waals surface area (Å²) in [6.07, 6.45) is 1.37. The van der Waals surface area contributed by atoms with Crippen LogP contribution in [0.3, 0.4) is 0 Å². The van der Waals surface area contributed by atoms with Crippen LogP contribution < -0.4 is 10.1 Å². The molecule has 0 aliphatic rings. The van der Waals surface area contributed by atoms with E-state index in [2.05, 4.69) is 10.3 Å². The van der Waals surface area contributed by atoms with Gasteiger partial charge in [-0.3, -0.25) is 4.79 Å². The van der Waals surface area contributed by atoms with Crippen molar-refractivity contribution in [3.63, 3.8) is 0 Å². The Bertz CT molecular complexity index is 747. The van der Waals surface area contributed by atoms with Gasteiger partial charge in [0.15, 0.2) is 6.04 Å². The van der Waals surface area contributed by atoms with Crippen LogP contribution in [0.5, 0.6) is 5.75 Å². The van der Waals surface area contributed by atoms with Crippen molar-refractivity contribution in [3.05, 3.63) is 58.4 Å². The van der Waals surface area contributed by atoms with E-state index in [4.69, 9.17) is 16.3 Å². The second kappa shape index (κ2) is 7.79. The summed E-state index contributed by atoms with van der Waals surface area (Å²) in [4.78, 5) is 27.8. The highest BCUT2D eigenvalue weighted by Crippen LogP contribution is 2.21. The first-order chi connectivity index (χ1) is 11.4. The molecule has 0 spiro atoms. The minimum atomic E-state index is -1.19. The van der Waals surface area contributed by atoms with Crippen molar-refractivity contribution < 1.29 is 19.4 Å². The van der Waals surface area contributed by atoms with Crippen molar-refractivity contribution in [1.82, 2.24) is 10.3 Å². The first-order valence-electron chi connectivity index (χ1n) is 7.31. The Kier molecular flexibility index (Phi) is 5.76. The van der Waals surface area contributed by atoms with Crippen molar-refractivity contribution in [2.24, 2.45) is 0 Å². The second-order valence-electron chi connectivity index (χ2n) is 5.09. The lowest BCUT2D eigenvalue weighted by molar-refractivity contribution is -0.139. The third kappa shape index (κ3) is 4.23. The molecular formula is C17H17ClN2O4. The van der Waals surface area contributed by atoms with Crippen LogP contribution in [-0.2, 0) is 4.79 Å². The van der Waals surface area contributed by atoms with Gasteiger partial charge in [0.25, 0.3) is 5.91 Å². The molecule has 0 bridgehead atoms. The average molecular weight is 349 g/mol. The van der Waals surface area contributed by atoms with Gasteiger partial charge in [0, 0.05) is 6.07 Å². The van der Waals surface area contributed by atoms with E-state index in [-0.39, 0.29) is 10.7 Å². The Morgan fingerprint density at radius 3 is 2.54 bits per heavy atom. The van der Waals surface area contributed by atoms with Crippen LogP contribution in [0, 0.1) is 6.92 Å². The number of carbonyl (C=O) groups excluding carboxylic acids is 1. The first-order valence-corrected chi connectivity index (χ1v) is 7.68. The molecule has 2 aromatic rings. The van der Waals surface area contributed by atoms with Gasteiger partial charge in [-0.05, 0) is 19.4 Å². The van der Waals surface area contributed by atoms with Gasteiger partial charge in [0.2, 0.25) is 0 Å². The molecule has 24 heavy (non-hydrogen) atoms. The third-order valence-electron chi connectivity index (χ3n) is 3.28. The number of carboxylic acids is 1. The number of amides is 1. The number of benzene rings is 1. The Balaban J connectivity index is 2.22. The molecule has 2 N–H and O–H groups in total. The minimum Gasteiger partial charge on any atom is -0.492 e. The number of rotatable bonds is 6. The van der Waals surface area contributed by atoms with E-state index < -0.39 is 17.9 Å². The summed E-state index contributed by atoms with van der Waals surface area (Å²) in [6, 6.07) is 7.14. The molecule has 0 radical (unpaired) electrons. The van der Waals surface area contributed by atoms with Gasteiger partial charge in [0.1, 0.15) is 11.4 Å². The largest absolute Gasteiger partial charge is 0.492 e. The van der Waals surface area contributed by atoms with Crippen molar-refractivity contribution in [2.75, 3.05) is 6.61 Å². The number of hydrogen-bond acceptors (Lipinski definition) is 4. The number of carbonyl (C=O) groups is 2. The Labute approximate surface area is 144 Å². The van der Waals surface area contributed by atoms with Gasteiger partial charge >= 0.3 is 5.97 Å². The van der Waals surface area contributed by atoms with E-state index in [1.165, 1.54) is 12.3 Å². The highest BCUT2D eigenvalue weighted by Gasteiger charge is 2.24. The second-order valence-corrected chi connectivity index (χ2v) is 5.50. The summed E-state index contributed by atoms with van der Waals surface area (Å²) in [5.74, 6) is -1.40. The van der Waals surface area contributed by atoms with Crippen molar-refractivity contribution in [2.45, 2.75) is 19.9 Å². The first kappa shape index (κ1) is 17.7. The number of carboxylic acid groups (broad SMARTS) is 1. The molecule has 7 heteroatoms. The van der Waals surface area contributed by atoms with E-state index in [0.717, 1.165) is 5.56 Å². The molecule has 0 aliphatic heterocycles. The van der Waals surface area contributed by atoms with Gasteiger partial charge in [-0.25, -0.2) is 9.78 Å². The summed E-state index contributed by atoms with van der Waals surface area (Å²) >= 11 is 6.04. The lowest BCUT2D eigenvalue weighted by Gasteiger charge is -2.15. The van der Waals surface area contributed by atoms with Crippen molar-refractivity contribution in [3.8, 4) is 5.75 Å². The number of aryl methyl sites for hydroxylation is 1. The Hall–Kier alpha value is -2.60. The van der Waals surface area contributed by atoms with E-state index in [0.29, 0.717) is 17.9 Å². The average Bonchev–Trinajstić information content (AvgIpc) is 2.53. The topological polar surface area (TPSA) is 88.5 Å². The third-order valence-corrected chi connectivity index (χ3v) is 3.56. The Morgan fingerprint density at radius 2 is 2.00 bits per heavy atom. The fourth-order valence-corrected chi connectivity index (χ4v) is 2.32. The lowest BCUT2D eigenvalue weighted by Crippen LogP contribution is -2.34. The zero-order chi connectivity index (χ0) is 17.7.